The zero-order chi connectivity index (χ0) is 12.8. The van der Waals surface area contributed by atoms with Crippen LogP contribution in [-0.4, -0.2) is 38.0 Å². The first-order valence-electron chi connectivity index (χ1n) is 5.38. The van der Waals surface area contributed by atoms with Crippen molar-refractivity contribution in [2.45, 2.75) is 6.42 Å². The second-order valence-electron chi connectivity index (χ2n) is 4.04. The summed E-state index contributed by atoms with van der Waals surface area (Å²) in [6.07, 6.45) is 0.917. The normalized spacial score (nSPS) is 10.6. The Hall–Kier alpha value is -0.770. The number of amides is 1. The highest BCUT2D eigenvalue weighted by Gasteiger charge is 2.07. The van der Waals surface area contributed by atoms with Crippen molar-refractivity contribution in [3.05, 3.63) is 33.8 Å². The largest absolute Gasteiger partial charge is 0.352 e. The van der Waals surface area contributed by atoms with Gasteiger partial charge in [0.1, 0.15) is 0 Å². The molecule has 1 rings (SSSR count). The van der Waals surface area contributed by atoms with Crippen molar-refractivity contribution in [1.29, 1.82) is 0 Å². The van der Waals surface area contributed by atoms with E-state index < -0.39 is 0 Å². The molecule has 5 heteroatoms. The van der Waals surface area contributed by atoms with Crippen molar-refractivity contribution in [3.63, 3.8) is 0 Å². The van der Waals surface area contributed by atoms with Gasteiger partial charge < -0.3 is 10.2 Å². The van der Waals surface area contributed by atoms with E-state index in [-0.39, 0.29) is 5.91 Å². The van der Waals surface area contributed by atoms with Crippen molar-refractivity contribution < 1.29 is 4.79 Å². The number of carbonyl (C=O) groups excluding carboxylic acids is 1. The van der Waals surface area contributed by atoms with E-state index in [1.165, 1.54) is 0 Å². The number of nitrogens with zero attached hydrogens (tertiary/aromatic N) is 1. The minimum Gasteiger partial charge on any atom is -0.352 e. The Morgan fingerprint density at radius 2 is 2.00 bits per heavy atom. The third-order valence-electron chi connectivity index (χ3n) is 2.25. The highest BCUT2D eigenvalue weighted by molar-refractivity contribution is 6.42. The average molecular weight is 275 g/mol. The summed E-state index contributed by atoms with van der Waals surface area (Å²) in [5.41, 5.74) is 0.532. The summed E-state index contributed by atoms with van der Waals surface area (Å²) in [7, 11) is 4.00. The van der Waals surface area contributed by atoms with Crippen LogP contribution in [0.1, 0.15) is 16.8 Å². The molecule has 0 spiro atoms. The second kappa shape index (κ2) is 6.84. The van der Waals surface area contributed by atoms with Gasteiger partial charge >= 0.3 is 0 Å². The lowest BCUT2D eigenvalue weighted by atomic mass is 10.2. The highest BCUT2D eigenvalue weighted by atomic mass is 35.5. The Balaban J connectivity index is 2.44. The van der Waals surface area contributed by atoms with Gasteiger partial charge in [-0.25, -0.2) is 0 Å². The average Bonchev–Trinajstić information content (AvgIpc) is 2.27. The third-order valence-corrected chi connectivity index (χ3v) is 2.99. The summed E-state index contributed by atoms with van der Waals surface area (Å²) in [5, 5.41) is 3.68. The van der Waals surface area contributed by atoms with E-state index >= 15 is 0 Å². The van der Waals surface area contributed by atoms with E-state index in [2.05, 4.69) is 10.2 Å². The Labute approximate surface area is 112 Å². The van der Waals surface area contributed by atoms with Crippen LogP contribution in [-0.2, 0) is 0 Å². The molecule has 1 amide bonds. The molecule has 94 valence electrons. The van der Waals surface area contributed by atoms with Crippen molar-refractivity contribution >= 4 is 29.1 Å². The molecule has 0 saturated carbocycles. The predicted molar refractivity (Wildman–Crippen MR) is 72.0 cm³/mol. The van der Waals surface area contributed by atoms with Crippen LogP contribution in [0.3, 0.4) is 0 Å². The van der Waals surface area contributed by atoms with Crippen molar-refractivity contribution in [2.75, 3.05) is 27.2 Å². The predicted octanol–water partition coefficient (Wildman–Crippen LogP) is 2.67. The molecule has 0 aliphatic carbocycles. The highest BCUT2D eigenvalue weighted by Crippen LogP contribution is 2.22. The summed E-state index contributed by atoms with van der Waals surface area (Å²) >= 11 is 11.6. The van der Waals surface area contributed by atoms with E-state index in [9.17, 15) is 4.79 Å². The van der Waals surface area contributed by atoms with Crippen LogP contribution >= 0.6 is 23.2 Å². The van der Waals surface area contributed by atoms with E-state index in [0.29, 0.717) is 22.2 Å². The van der Waals surface area contributed by atoms with Crippen LogP contribution in [0.4, 0.5) is 0 Å². The number of carbonyl (C=O) groups is 1. The van der Waals surface area contributed by atoms with Gasteiger partial charge in [0.15, 0.2) is 0 Å². The van der Waals surface area contributed by atoms with E-state index in [1.54, 1.807) is 18.2 Å². The Morgan fingerprint density at radius 3 is 2.59 bits per heavy atom. The number of benzene rings is 1. The minimum absolute atomic E-state index is 0.123. The molecular weight excluding hydrogens is 259 g/mol. The first-order valence-corrected chi connectivity index (χ1v) is 6.14. The number of hydrogen-bond acceptors (Lipinski definition) is 2. The molecule has 0 aliphatic heterocycles. The van der Waals surface area contributed by atoms with Crippen LogP contribution in [0.2, 0.25) is 10.0 Å². The van der Waals surface area contributed by atoms with Gasteiger partial charge in [-0.1, -0.05) is 23.2 Å². The second-order valence-corrected chi connectivity index (χ2v) is 4.86. The van der Waals surface area contributed by atoms with Crippen LogP contribution in [0.5, 0.6) is 0 Å². The number of halogens is 2. The van der Waals surface area contributed by atoms with Crippen LogP contribution in [0, 0.1) is 0 Å². The molecule has 0 atom stereocenters. The maximum Gasteiger partial charge on any atom is 0.251 e. The monoisotopic (exact) mass is 274 g/mol. The van der Waals surface area contributed by atoms with E-state index in [4.69, 9.17) is 23.2 Å². The molecule has 1 N–H and O–H groups in total. The summed E-state index contributed by atoms with van der Waals surface area (Å²) in [6, 6.07) is 4.86. The fourth-order valence-corrected chi connectivity index (χ4v) is 1.63. The number of nitrogens with one attached hydrogen (secondary N) is 1. The molecule has 3 nitrogen and oxygen atoms in total. The molecule has 0 unspecified atom stereocenters. The molecule has 17 heavy (non-hydrogen) atoms. The van der Waals surface area contributed by atoms with Gasteiger partial charge in [-0.05, 0) is 45.3 Å². The molecule has 0 aromatic heterocycles. The first-order chi connectivity index (χ1) is 8.00. The molecule has 0 heterocycles. The first kappa shape index (κ1) is 14.3. The number of rotatable bonds is 5. The molecule has 1 aromatic carbocycles. The van der Waals surface area contributed by atoms with Gasteiger partial charge in [-0.3, -0.25) is 4.79 Å². The maximum atomic E-state index is 11.7. The van der Waals surface area contributed by atoms with E-state index in [1.807, 2.05) is 14.1 Å². The standard InChI is InChI=1S/C12H16Cl2N2O/c1-16(2)7-3-6-15-12(17)9-4-5-10(13)11(14)8-9/h4-5,8H,3,6-7H2,1-2H3,(H,15,17). The van der Waals surface area contributed by atoms with Gasteiger partial charge in [0, 0.05) is 12.1 Å². The zero-order valence-corrected chi connectivity index (χ0v) is 11.5. The van der Waals surface area contributed by atoms with Crippen molar-refractivity contribution in [1.82, 2.24) is 10.2 Å². The summed E-state index contributed by atoms with van der Waals surface area (Å²) in [4.78, 5) is 13.8. The zero-order valence-electron chi connectivity index (χ0n) is 9.96. The summed E-state index contributed by atoms with van der Waals surface area (Å²) < 4.78 is 0. The van der Waals surface area contributed by atoms with Crippen molar-refractivity contribution in [3.8, 4) is 0 Å². The number of hydrogen-bond donors (Lipinski definition) is 1. The SMILES string of the molecule is CN(C)CCCNC(=O)c1ccc(Cl)c(Cl)c1. The van der Waals surface area contributed by atoms with Gasteiger partial charge in [0.2, 0.25) is 0 Å². The maximum absolute atomic E-state index is 11.7. The van der Waals surface area contributed by atoms with Crippen LogP contribution < -0.4 is 5.32 Å². The van der Waals surface area contributed by atoms with Gasteiger partial charge in [0.05, 0.1) is 10.0 Å². The topological polar surface area (TPSA) is 32.3 Å². The lowest BCUT2D eigenvalue weighted by molar-refractivity contribution is 0.0952. The van der Waals surface area contributed by atoms with Crippen molar-refractivity contribution in [2.24, 2.45) is 0 Å². The van der Waals surface area contributed by atoms with Crippen LogP contribution in [0.15, 0.2) is 18.2 Å². The minimum atomic E-state index is -0.123. The summed E-state index contributed by atoms with van der Waals surface area (Å²) in [5.74, 6) is -0.123. The van der Waals surface area contributed by atoms with Gasteiger partial charge in [-0.2, -0.15) is 0 Å². The molecular formula is C12H16Cl2N2O. The summed E-state index contributed by atoms with van der Waals surface area (Å²) in [6.45, 7) is 1.60. The van der Waals surface area contributed by atoms with Crippen LogP contribution in [0.25, 0.3) is 0 Å². The quantitative estimate of drug-likeness (QED) is 0.838. The third kappa shape index (κ3) is 4.94. The fraction of sp³-hybridized carbons (Fsp3) is 0.417. The molecule has 0 saturated heterocycles. The smallest absolute Gasteiger partial charge is 0.251 e. The molecule has 0 aliphatic rings. The molecule has 0 bridgehead atoms. The lowest BCUT2D eigenvalue weighted by Gasteiger charge is -2.10. The molecule has 1 aromatic rings. The van der Waals surface area contributed by atoms with Gasteiger partial charge in [-0.15, -0.1) is 0 Å². The Bertz CT molecular complexity index is 394. The lowest BCUT2D eigenvalue weighted by Crippen LogP contribution is -2.27. The Kier molecular flexibility index (Phi) is 5.75. The molecule has 0 fully saturated rings. The van der Waals surface area contributed by atoms with Gasteiger partial charge in [0.25, 0.3) is 5.91 Å². The Morgan fingerprint density at radius 1 is 1.29 bits per heavy atom. The fourth-order valence-electron chi connectivity index (χ4n) is 1.34. The van der Waals surface area contributed by atoms with E-state index in [0.717, 1.165) is 13.0 Å². The molecule has 0 radical (unpaired) electrons.